The number of rotatable bonds is 9. The van der Waals surface area contributed by atoms with Crippen molar-refractivity contribution in [1.82, 2.24) is 15.0 Å². The van der Waals surface area contributed by atoms with Gasteiger partial charge in [-0.1, -0.05) is 6.92 Å². The van der Waals surface area contributed by atoms with Crippen molar-refractivity contribution >= 4 is 29.6 Å². The van der Waals surface area contributed by atoms with Crippen LogP contribution in [0.5, 0.6) is 0 Å². The highest BCUT2D eigenvalue weighted by Gasteiger charge is 2.12. The van der Waals surface area contributed by atoms with Gasteiger partial charge in [-0.2, -0.15) is 26.7 Å². The average Bonchev–Trinajstić information content (AvgIpc) is 2.46. The molecule has 1 aromatic heterocycles. The minimum absolute atomic E-state index is 0.330. The molecule has 1 unspecified atom stereocenters. The highest BCUT2D eigenvalue weighted by atomic mass is 32.2. The minimum Gasteiger partial charge on any atom is -0.357 e. The molecule has 2 N–H and O–H groups in total. The number of aromatic nitrogens is 3. The normalized spacial score (nSPS) is 12.1. The van der Waals surface area contributed by atoms with Crippen LogP contribution in [0.25, 0.3) is 0 Å². The van der Waals surface area contributed by atoms with Crippen LogP contribution in [-0.4, -0.2) is 52.6 Å². The Labute approximate surface area is 126 Å². The summed E-state index contributed by atoms with van der Waals surface area (Å²) in [5.74, 6) is 4.11. The molecule has 6 nitrogen and oxygen atoms in total. The smallest absolute Gasteiger partial charge is 0.231 e. The lowest BCUT2D eigenvalue weighted by Crippen LogP contribution is -2.26. The Hall–Kier alpha value is -1.24. The second-order valence-electron chi connectivity index (χ2n) is 4.41. The molecule has 0 aliphatic carbocycles. The molecular formula is C13H26N6S. The van der Waals surface area contributed by atoms with Crippen LogP contribution in [0, 0.1) is 0 Å². The van der Waals surface area contributed by atoms with E-state index < -0.39 is 0 Å². The minimum atomic E-state index is 0.330. The Morgan fingerprint density at radius 3 is 2.30 bits per heavy atom. The molecule has 1 atom stereocenters. The maximum absolute atomic E-state index is 4.51. The molecule has 0 aliphatic heterocycles. The first-order valence-electron chi connectivity index (χ1n) is 7.17. The molecule has 0 saturated carbocycles. The molecule has 20 heavy (non-hydrogen) atoms. The molecule has 7 heteroatoms. The van der Waals surface area contributed by atoms with E-state index in [1.54, 1.807) is 0 Å². The Morgan fingerprint density at radius 2 is 1.75 bits per heavy atom. The molecule has 1 aromatic rings. The summed E-state index contributed by atoms with van der Waals surface area (Å²) < 4.78 is 0. The van der Waals surface area contributed by atoms with Gasteiger partial charge >= 0.3 is 0 Å². The van der Waals surface area contributed by atoms with Crippen molar-refractivity contribution in [2.45, 2.75) is 33.7 Å². The molecule has 0 radical (unpaired) electrons. The van der Waals surface area contributed by atoms with E-state index in [1.807, 2.05) is 18.8 Å². The summed E-state index contributed by atoms with van der Waals surface area (Å²) in [6.45, 7) is 10.3. The molecule has 0 aromatic carbocycles. The third-order valence-corrected chi connectivity index (χ3v) is 3.98. The van der Waals surface area contributed by atoms with Crippen molar-refractivity contribution in [2.75, 3.05) is 47.2 Å². The first-order chi connectivity index (χ1) is 9.64. The van der Waals surface area contributed by atoms with Crippen molar-refractivity contribution in [1.29, 1.82) is 0 Å². The van der Waals surface area contributed by atoms with Gasteiger partial charge in [0.2, 0.25) is 17.8 Å². The van der Waals surface area contributed by atoms with Crippen LogP contribution in [0.1, 0.15) is 27.7 Å². The van der Waals surface area contributed by atoms with Crippen molar-refractivity contribution in [3.05, 3.63) is 0 Å². The molecule has 0 spiro atoms. The van der Waals surface area contributed by atoms with Gasteiger partial charge in [0.05, 0.1) is 0 Å². The lowest BCUT2D eigenvalue weighted by Gasteiger charge is -2.20. The molecule has 0 bridgehead atoms. The molecule has 0 amide bonds. The molecular weight excluding hydrogens is 272 g/mol. The molecule has 1 rings (SSSR count). The largest absolute Gasteiger partial charge is 0.357 e. The second kappa shape index (κ2) is 8.84. The fourth-order valence-corrected chi connectivity index (χ4v) is 2.42. The maximum Gasteiger partial charge on any atom is 0.231 e. The maximum atomic E-state index is 4.51. The van der Waals surface area contributed by atoms with E-state index in [2.05, 4.69) is 58.2 Å². The summed E-state index contributed by atoms with van der Waals surface area (Å²) in [7, 11) is 1.82. The molecule has 0 aliphatic rings. The van der Waals surface area contributed by atoms with E-state index in [-0.39, 0.29) is 0 Å². The van der Waals surface area contributed by atoms with Crippen molar-refractivity contribution in [3.8, 4) is 0 Å². The van der Waals surface area contributed by atoms with Gasteiger partial charge in [-0.05, 0) is 26.5 Å². The van der Waals surface area contributed by atoms with Gasteiger partial charge in [-0.25, -0.2) is 0 Å². The summed E-state index contributed by atoms with van der Waals surface area (Å²) in [5, 5.41) is 6.34. The summed E-state index contributed by atoms with van der Waals surface area (Å²) >= 11 is 1.91. The Balaban J connectivity index is 2.87. The third kappa shape index (κ3) is 5.03. The molecule has 0 fully saturated rings. The summed E-state index contributed by atoms with van der Waals surface area (Å²) in [6, 6.07) is 0.330. The second-order valence-corrected chi connectivity index (χ2v) is 5.73. The fourth-order valence-electron chi connectivity index (χ4n) is 1.75. The van der Waals surface area contributed by atoms with E-state index in [9.17, 15) is 0 Å². The standard InChI is InChI=1S/C13H26N6S/c1-6-19(7-2)13-17-11(14-5)16-12(18-13)15-10(4)9-20-8-3/h10H,6-9H2,1-5H3,(H2,14,15,16,17,18). The first-order valence-corrected chi connectivity index (χ1v) is 8.33. The van der Waals surface area contributed by atoms with Gasteiger partial charge in [-0.3, -0.25) is 0 Å². The monoisotopic (exact) mass is 298 g/mol. The highest BCUT2D eigenvalue weighted by molar-refractivity contribution is 7.99. The Bertz CT molecular complexity index is 396. The zero-order valence-electron chi connectivity index (χ0n) is 13.1. The Kier molecular flexibility index (Phi) is 7.43. The van der Waals surface area contributed by atoms with Gasteiger partial charge in [0.25, 0.3) is 0 Å². The van der Waals surface area contributed by atoms with Gasteiger partial charge in [0.15, 0.2) is 0 Å². The van der Waals surface area contributed by atoms with Gasteiger partial charge in [0, 0.05) is 31.9 Å². The average molecular weight is 298 g/mol. The lowest BCUT2D eigenvalue weighted by molar-refractivity contribution is 0.805. The van der Waals surface area contributed by atoms with Gasteiger partial charge in [-0.15, -0.1) is 0 Å². The quantitative estimate of drug-likeness (QED) is 0.725. The van der Waals surface area contributed by atoms with E-state index in [1.165, 1.54) is 0 Å². The van der Waals surface area contributed by atoms with E-state index in [0.717, 1.165) is 24.6 Å². The number of hydrogen-bond donors (Lipinski definition) is 2. The molecule has 0 saturated heterocycles. The number of thioether (sulfide) groups is 1. The highest BCUT2D eigenvalue weighted by Crippen LogP contribution is 2.14. The SMILES string of the molecule is CCSCC(C)Nc1nc(NC)nc(N(CC)CC)n1. The predicted molar refractivity (Wildman–Crippen MR) is 89.0 cm³/mol. The van der Waals surface area contributed by atoms with E-state index in [4.69, 9.17) is 0 Å². The lowest BCUT2D eigenvalue weighted by atomic mass is 10.4. The number of anilines is 3. The molecule has 1 heterocycles. The Morgan fingerprint density at radius 1 is 1.10 bits per heavy atom. The van der Waals surface area contributed by atoms with Gasteiger partial charge < -0.3 is 15.5 Å². The zero-order chi connectivity index (χ0) is 15.0. The fraction of sp³-hybridized carbons (Fsp3) is 0.769. The van der Waals surface area contributed by atoms with Crippen LogP contribution in [0.15, 0.2) is 0 Å². The van der Waals surface area contributed by atoms with Gasteiger partial charge in [0.1, 0.15) is 0 Å². The summed E-state index contributed by atoms with van der Waals surface area (Å²) in [4.78, 5) is 15.4. The van der Waals surface area contributed by atoms with E-state index >= 15 is 0 Å². The number of nitrogens with zero attached hydrogens (tertiary/aromatic N) is 4. The number of hydrogen-bond acceptors (Lipinski definition) is 7. The topological polar surface area (TPSA) is 66.0 Å². The van der Waals surface area contributed by atoms with Crippen molar-refractivity contribution in [2.24, 2.45) is 0 Å². The van der Waals surface area contributed by atoms with Crippen LogP contribution in [0.3, 0.4) is 0 Å². The first kappa shape index (κ1) is 16.8. The van der Waals surface area contributed by atoms with E-state index in [0.29, 0.717) is 23.9 Å². The van der Waals surface area contributed by atoms with Crippen LogP contribution in [0.4, 0.5) is 17.8 Å². The van der Waals surface area contributed by atoms with Crippen molar-refractivity contribution in [3.63, 3.8) is 0 Å². The van der Waals surface area contributed by atoms with Crippen molar-refractivity contribution < 1.29 is 0 Å². The van der Waals surface area contributed by atoms with Crippen LogP contribution >= 0.6 is 11.8 Å². The summed E-state index contributed by atoms with van der Waals surface area (Å²) in [6.07, 6.45) is 0. The van der Waals surface area contributed by atoms with Crippen LogP contribution in [-0.2, 0) is 0 Å². The predicted octanol–water partition coefficient (Wildman–Crippen LogP) is 2.31. The van der Waals surface area contributed by atoms with Crippen LogP contribution < -0.4 is 15.5 Å². The van der Waals surface area contributed by atoms with Crippen LogP contribution in [0.2, 0.25) is 0 Å². The number of nitrogens with one attached hydrogen (secondary N) is 2. The third-order valence-electron chi connectivity index (χ3n) is 2.84. The summed E-state index contributed by atoms with van der Waals surface area (Å²) in [5.41, 5.74) is 0. The molecule has 114 valence electrons. The zero-order valence-corrected chi connectivity index (χ0v) is 13.9.